The van der Waals surface area contributed by atoms with E-state index in [1.165, 1.54) is 0 Å². The molecule has 0 bridgehead atoms. The van der Waals surface area contributed by atoms with E-state index in [1.54, 1.807) is 4.90 Å². The van der Waals surface area contributed by atoms with Gasteiger partial charge in [-0.3, -0.25) is 4.99 Å². The minimum absolute atomic E-state index is 0.236. The summed E-state index contributed by atoms with van der Waals surface area (Å²) < 4.78 is 5.43. The van der Waals surface area contributed by atoms with E-state index in [-0.39, 0.29) is 12.1 Å². The molecule has 0 aliphatic carbocycles. The van der Waals surface area contributed by atoms with Gasteiger partial charge < -0.3 is 19.9 Å². The number of nitrogens with zero attached hydrogens (tertiary/aromatic N) is 3. The van der Waals surface area contributed by atoms with E-state index in [4.69, 9.17) is 4.74 Å². The molecule has 116 valence electrons. The monoisotopic (exact) mass is 292 g/mol. The fourth-order valence-corrected chi connectivity index (χ4v) is 2.43. The normalized spacial score (nSPS) is 21.1. The molecule has 0 aromatic carbocycles. The Labute approximate surface area is 126 Å². The molecule has 1 atom stereocenters. The number of aliphatic imine (C=N–C) groups is 1. The Morgan fingerprint density at radius 3 is 2.90 bits per heavy atom. The average Bonchev–Trinajstić information content (AvgIpc) is 2.80. The van der Waals surface area contributed by atoms with Gasteiger partial charge in [0.05, 0.1) is 19.1 Å². The zero-order valence-corrected chi connectivity index (χ0v) is 13.3. The predicted octanol–water partition coefficient (Wildman–Crippen LogP) is 0.890. The Morgan fingerprint density at radius 1 is 1.48 bits per heavy atom. The van der Waals surface area contributed by atoms with Gasteiger partial charge in [-0.15, -0.1) is 5.92 Å². The standard InChI is InChI=1S/C15H24N4O2/c1-5-6-7-16-13-17-10-12-11-18(8-9-19(12)13)14(20)21-15(2,3)4/h12H,7-11H2,1-4H3,(H,16,17)/t12-/m0/s1. The topological polar surface area (TPSA) is 57.2 Å². The Morgan fingerprint density at radius 2 is 2.24 bits per heavy atom. The van der Waals surface area contributed by atoms with Crippen LogP contribution in [0.3, 0.4) is 0 Å². The summed E-state index contributed by atoms with van der Waals surface area (Å²) >= 11 is 0. The summed E-state index contributed by atoms with van der Waals surface area (Å²) in [7, 11) is 0. The lowest BCUT2D eigenvalue weighted by Crippen LogP contribution is -2.57. The lowest BCUT2D eigenvalue weighted by Gasteiger charge is -2.39. The van der Waals surface area contributed by atoms with Crippen molar-refractivity contribution in [2.75, 3.05) is 32.7 Å². The van der Waals surface area contributed by atoms with Gasteiger partial charge in [-0.25, -0.2) is 4.79 Å². The van der Waals surface area contributed by atoms with Crippen molar-refractivity contribution in [1.82, 2.24) is 15.1 Å². The van der Waals surface area contributed by atoms with Gasteiger partial charge in [-0.2, -0.15) is 0 Å². The van der Waals surface area contributed by atoms with Gasteiger partial charge in [0, 0.05) is 19.6 Å². The van der Waals surface area contributed by atoms with Crippen LogP contribution >= 0.6 is 0 Å². The van der Waals surface area contributed by atoms with Gasteiger partial charge in [0.15, 0.2) is 5.96 Å². The van der Waals surface area contributed by atoms with Gasteiger partial charge in [-0.05, 0) is 27.7 Å². The second kappa shape index (κ2) is 6.25. The van der Waals surface area contributed by atoms with Crippen LogP contribution in [0.25, 0.3) is 0 Å². The molecule has 1 N–H and O–H groups in total. The largest absolute Gasteiger partial charge is 0.444 e. The number of rotatable bonds is 1. The second-order valence-electron chi connectivity index (χ2n) is 6.22. The summed E-state index contributed by atoms with van der Waals surface area (Å²) in [5.41, 5.74) is -0.452. The van der Waals surface area contributed by atoms with Crippen LogP contribution in [-0.2, 0) is 4.74 Å². The van der Waals surface area contributed by atoms with Crippen molar-refractivity contribution in [3.63, 3.8) is 0 Å². The van der Waals surface area contributed by atoms with Crippen molar-refractivity contribution in [1.29, 1.82) is 0 Å². The van der Waals surface area contributed by atoms with E-state index < -0.39 is 5.60 Å². The third-order valence-corrected chi connectivity index (χ3v) is 3.37. The van der Waals surface area contributed by atoms with E-state index in [1.807, 2.05) is 27.7 Å². The highest BCUT2D eigenvalue weighted by Gasteiger charge is 2.36. The lowest BCUT2D eigenvalue weighted by molar-refractivity contribution is 0.0137. The molecule has 1 amide bonds. The third kappa shape index (κ3) is 4.03. The van der Waals surface area contributed by atoms with E-state index in [0.29, 0.717) is 26.2 Å². The molecule has 0 saturated carbocycles. The van der Waals surface area contributed by atoms with E-state index in [2.05, 4.69) is 27.0 Å². The van der Waals surface area contributed by atoms with Crippen LogP contribution < -0.4 is 5.32 Å². The summed E-state index contributed by atoms with van der Waals surface area (Å²) in [5.74, 6) is 6.72. The number of nitrogens with one attached hydrogen (secondary N) is 1. The average molecular weight is 292 g/mol. The second-order valence-corrected chi connectivity index (χ2v) is 6.22. The number of piperazine rings is 1. The number of amides is 1. The van der Waals surface area contributed by atoms with Gasteiger partial charge in [-0.1, -0.05) is 5.92 Å². The summed E-state index contributed by atoms with van der Waals surface area (Å²) in [6, 6.07) is 0.239. The van der Waals surface area contributed by atoms with Crippen molar-refractivity contribution in [3.05, 3.63) is 0 Å². The highest BCUT2D eigenvalue weighted by molar-refractivity contribution is 5.82. The van der Waals surface area contributed by atoms with Crippen LogP contribution in [-0.4, -0.2) is 66.2 Å². The number of hydrogen-bond acceptors (Lipinski definition) is 5. The Bertz CT molecular complexity index is 484. The highest BCUT2D eigenvalue weighted by atomic mass is 16.6. The lowest BCUT2D eigenvalue weighted by atomic mass is 10.2. The Kier molecular flexibility index (Phi) is 4.61. The minimum Gasteiger partial charge on any atom is -0.444 e. The zero-order chi connectivity index (χ0) is 15.5. The summed E-state index contributed by atoms with van der Waals surface area (Å²) in [6.07, 6.45) is -0.236. The number of carbonyl (C=O) groups excluding carboxylic acids is 1. The van der Waals surface area contributed by atoms with Crippen molar-refractivity contribution in [2.45, 2.75) is 39.3 Å². The summed E-state index contributed by atoms with van der Waals surface area (Å²) in [6.45, 7) is 10.9. The molecule has 0 unspecified atom stereocenters. The molecule has 0 aromatic heterocycles. The third-order valence-electron chi connectivity index (χ3n) is 3.37. The van der Waals surface area contributed by atoms with Crippen LogP contribution in [0.15, 0.2) is 4.99 Å². The van der Waals surface area contributed by atoms with Gasteiger partial charge in [0.1, 0.15) is 5.60 Å². The number of guanidine groups is 1. The van der Waals surface area contributed by atoms with Gasteiger partial charge in [0.25, 0.3) is 0 Å². The van der Waals surface area contributed by atoms with Crippen LogP contribution in [0.4, 0.5) is 4.79 Å². The fraction of sp³-hybridized carbons (Fsp3) is 0.733. The number of fused-ring (bicyclic) bond motifs is 1. The zero-order valence-electron chi connectivity index (χ0n) is 13.3. The van der Waals surface area contributed by atoms with Crippen molar-refractivity contribution in [2.24, 2.45) is 4.99 Å². The minimum atomic E-state index is -0.452. The molecular weight excluding hydrogens is 268 g/mol. The van der Waals surface area contributed by atoms with Crippen molar-refractivity contribution >= 4 is 12.1 Å². The molecule has 0 radical (unpaired) electrons. The summed E-state index contributed by atoms with van der Waals surface area (Å²) in [4.78, 5) is 20.6. The van der Waals surface area contributed by atoms with E-state index in [9.17, 15) is 4.79 Å². The van der Waals surface area contributed by atoms with Crippen LogP contribution in [0.2, 0.25) is 0 Å². The van der Waals surface area contributed by atoms with Crippen LogP contribution in [0, 0.1) is 11.8 Å². The molecule has 2 rings (SSSR count). The number of carbonyl (C=O) groups is 1. The first-order chi connectivity index (χ1) is 9.90. The molecule has 1 saturated heterocycles. The van der Waals surface area contributed by atoms with Gasteiger partial charge >= 0.3 is 6.09 Å². The summed E-state index contributed by atoms with van der Waals surface area (Å²) in [5, 5.41) is 3.23. The SMILES string of the molecule is CC#CCNC1=NC[C@H]2CN(C(=O)OC(C)(C)C)CCN12. The Balaban J connectivity index is 1.87. The maximum Gasteiger partial charge on any atom is 0.410 e. The first-order valence-electron chi connectivity index (χ1n) is 7.33. The van der Waals surface area contributed by atoms with E-state index >= 15 is 0 Å². The van der Waals surface area contributed by atoms with Crippen LogP contribution in [0.5, 0.6) is 0 Å². The first kappa shape index (κ1) is 15.5. The first-order valence-corrected chi connectivity index (χ1v) is 7.33. The van der Waals surface area contributed by atoms with Gasteiger partial charge in [0.2, 0.25) is 0 Å². The maximum absolute atomic E-state index is 12.1. The molecule has 0 spiro atoms. The molecule has 1 fully saturated rings. The van der Waals surface area contributed by atoms with E-state index in [0.717, 1.165) is 12.5 Å². The molecule has 2 aliphatic rings. The quantitative estimate of drug-likeness (QED) is 0.729. The maximum atomic E-state index is 12.1. The van der Waals surface area contributed by atoms with Crippen molar-refractivity contribution < 1.29 is 9.53 Å². The smallest absolute Gasteiger partial charge is 0.410 e. The van der Waals surface area contributed by atoms with Crippen molar-refractivity contribution in [3.8, 4) is 11.8 Å². The predicted molar refractivity (Wildman–Crippen MR) is 82.1 cm³/mol. The molecule has 6 nitrogen and oxygen atoms in total. The van der Waals surface area contributed by atoms with Crippen LogP contribution in [0.1, 0.15) is 27.7 Å². The number of ether oxygens (including phenoxy) is 1. The highest BCUT2D eigenvalue weighted by Crippen LogP contribution is 2.18. The Hall–Kier alpha value is -1.90. The molecule has 2 heterocycles. The molecule has 6 heteroatoms. The number of hydrogen-bond donors (Lipinski definition) is 1. The molecule has 0 aromatic rings. The fourth-order valence-electron chi connectivity index (χ4n) is 2.43. The molecule has 2 aliphatic heterocycles. The molecule has 21 heavy (non-hydrogen) atoms. The molecular formula is C15H24N4O2.